The van der Waals surface area contributed by atoms with Crippen LogP contribution in [0.3, 0.4) is 0 Å². The summed E-state index contributed by atoms with van der Waals surface area (Å²) in [5, 5.41) is 9.13. The number of rotatable bonds is 3. The van der Waals surface area contributed by atoms with E-state index in [1.807, 2.05) is 0 Å². The standard InChI is InChI=1S/C13H12N2O4/c1-15(11(16)13(4-5-13)12(17)18)8-2-3-9-10(6-8)19-7-14-9/h2-3,6-7H,4-5H2,1H3,(H,17,18). The van der Waals surface area contributed by atoms with Gasteiger partial charge in [0, 0.05) is 18.8 Å². The van der Waals surface area contributed by atoms with Crippen molar-refractivity contribution in [3.8, 4) is 0 Å². The molecular weight excluding hydrogens is 248 g/mol. The maximum Gasteiger partial charge on any atom is 0.319 e. The molecule has 1 saturated carbocycles. The molecule has 6 nitrogen and oxygen atoms in total. The molecule has 0 saturated heterocycles. The van der Waals surface area contributed by atoms with Gasteiger partial charge in [-0.25, -0.2) is 4.98 Å². The van der Waals surface area contributed by atoms with E-state index in [1.165, 1.54) is 11.3 Å². The summed E-state index contributed by atoms with van der Waals surface area (Å²) in [6, 6.07) is 5.14. The number of aliphatic carboxylic acids is 1. The van der Waals surface area contributed by atoms with Crippen LogP contribution in [0.25, 0.3) is 11.1 Å². The number of carboxylic acids is 1. The van der Waals surface area contributed by atoms with E-state index >= 15 is 0 Å². The van der Waals surface area contributed by atoms with Gasteiger partial charge in [0.2, 0.25) is 5.91 Å². The van der Waals surface area contributed by atoms with E-state index in [4.69, 9.17) is 9.52 Å². The third-order valence-corrected chi connectivity index (χ3v) is 3.58. The maximum atomic E-state index is 12.2. The van der Waals surface area contributed by atoms with Gasteiger partial charge in [0.15, 0.2) is 12.0 Å². The number of anilines is 1. The fraction of sp³-hybridized carbons (Fsp3) is 0.308. The Bertz CT molecular complexity index is 672. The Hall–Kier alpha value is -2.37. The molecule has 3 rings (SSSR count). The molecule has 0 bridgehead atoms. The highest BCUT2D eigenvalue weighted by Crippen LogP contribution is 2.47. The third-order valence-electron chi connectivity index (χ3n) is 3.58. The van der Waals surface area contributed by atoms with E-state index < -0.39 is 11.4 Å². The first kappa shape index (κ1) is 11.7. The van der Waals surface area contributed by atoms with Crippen LogP contribution in [-0.4, -0.2) is 29.0 Å². The first-order valence-electron chi connectivity index (χ1n) is 5.89. The Labute approximate surface area is 108 Å². The van der Waals surface area contributed by atoms with Gasteiger partial charge in [0.05, 0.1) is 0 Å². The van der Waals surface area contributed by atoms with Crippen LogP contribution < -0.4 is 4.90 Å². The Morgan fingerprint density at radius 2 is 2.16 bits per heavy atom. The van der Waals surface area contributed by atoms with Gasteiger partial charge in [-0.15, -0.1) is 0 Å². The van der Waals surface area contributed by atoms with Gasteiger partial charge in [-0.1, -0.05) is 0 Å². The SMILES string of the molecule is CN(C(=O)C1(C(=O)O)CC1)c1ccc2ncoc2c1. The van der Waals surface area contributed by atoms with E-state index in [1.54, 1.807) is 25.2 Å². The molecule has 2 aromatic rings. The van der Waals surface area contributed by atoms with Crippen LogP contribution in [0.2, 0.25) is 0 Å². The number of hydrogen-bond acceptors (Lipinski definition) is 4. The van der Waals surface area contributed by atoms with Crippen molar-refractivity contribution in [2.24, 2.45) is 5.41 Å². The van der Waals surface area contributed by atoms with Crippen LogP contribution in [0, 0.1) is 5.41 Å². The van der Waals surface area contributed by atoms with Crippen molar-refractivity contribution >= 4 is 28.7 Å². The quantitative estimate of drug-likeness (QED) is 0.848. The number of carbonyl (C=O) groups excluding carboxylic acids is 1. The second-order valence-corrected chi connectivity index (χ2v) is 4.76. The van der Waals surface area contributed by atoms with E-state index in [0.717, 1.165) is 0 Å². The van der Waals surface area contributed by atoms with Gasteiger partial charge in [-0.3, -0.25) is 9.59 Å². The Morgan fingerprint density at radius 1 is 1.42 bits per heavy atom. The van der Waals surface area contributed by atoms with Crippen LogP contribution in [0.5, 0.6) is 0 Å². The van der Waals surface area contributed by atoms with Gasteiger partial charge >= 0.3 is 5.97 Å². The van der Waals surface area contributed by atoms with Crippen LogP contribution >= 0.6 is 0 Å². The van der Waals surface area contributed by atoms with E-state index in [9.17, 15) is 9.59 Å². The molecule has 6 heteroatoms. The summed E-state index contributed by atoms with van der Waals surface area (Å²) in [7, 11) is 1.57. The number of amides is 1. The zero-order valence-electron chi connectivity index (χ0n) is 10.3. The lowest BCUT2D eigenvalue weighted by Gasteiger charge is -2.21. The maximum absolute atomic E-state index is 12.2. The van der Waals surface area contributed by atoms with Gasteiger partial charge < -0.3 is 14.4 Å². The number of carboxylic acid groups (broad SMARTS) is 1. The normalized spacial score (nSPS) is 16.3. The first-order chi connectivity index (χ1) is 9.04. The predicted molar refractivity (Wildman–Crippen MR) is 66.7 cm³/mol. The lowest BCUT2D eigenvalue weighted by atomic mass is 10.1. The zero-order chi connectivity index (χ0) is 13.6. The molecule has 1 aromatic heterocycles. The van der Waals surface area contributed by atoms with Crippen molar-refractivity contribution in [1.82, 2.24) is 4.98 Å². The van der Waals surface area contributed by atoms with Crippen molar-refractivity contribution in [1.29, 1.82) is 0 Å². The van der Waals surface area contributed by atoms with Crippen molar-refractivity contribution in [2.45, 2.75) is 12.8 Å². The fourth-order valence-corrected chi connectivity index (χ4v) is 2.13. The van der Waals surface area contributed by atoms with Gasteiger partial charge in [0.1, 0.15) is 10.9 Å². The topological polar surface area (TPSA) is 83.6 Å². The summed E-state index contributed by atoms with van der Waals surface area (Å²) < 4.78 is 5.17. The van der Waals surface area contributed by atoms with Crippen molar-refractivity contribution in [2.75, 3.05) is 11.9 Å². The van der Waals surface area contributed by atoms with Crippen LogP contribution in [0.4, 0.5) is 5.69 Å². The molecular formula is C13H12N2O4. The molecule has 1 fully saturated rings. The van der Waals surface area contributed by atoms with E-state index in [-0.39, 0.29) is 5.91 Å². The molecule has 0 aliphatic heterocycles. The van der Waals surface area contributed by atoms with E-state index in [2.05, 4.69) is 4.98 Å². The fourth-order valence-electron chi connectivity index (χ4n) is 2.13. The highest BCUT2D eigenvalue weighted by molar-refractivity contribution is 6.12. The van der Waals surface area contributed by atoms with Gasteiger partial charge in [-0.2, -0.15) is 0 Å². The van der Waals surface area contributed by atoms with Crippen LogP contribution in [0.1, 0.15) is 12.8 Å². The number of nitrogens with zero attached hydrogens (tertiary/aromatic N) is 2. The summed E-state index contributed by atoms with van der Waals surface area (Å²) >= 11 is 0. The van der Waals surface area contributed by atoms with Crippen molar-refractivity contribution in [3.63, 3.8) is 0 Å². The van der Waals surface area contributed by atoms with Crippen molar-refractivity contribution in [3.05, 3.63) is 24.6 Å². The second-order valence-electron chi connectivity index (χ2n) is 4.76. The van der Waals surface area contributed by atoms with Gasteiger partial charge in [-0.05, 0) is 25.0 Å². The summed E-state index contributed by atoms with van der Waals surface area (Å²) in [6.07, 6.45) is 2.13. The number of oxazole rings is 1. The average molecular weight is 260 g/mol. The summed E-state index contributed by atoms with van der Waals surface area (Å²) in [5.41, 5.74) is 0.633. The van der Waals surface area contributed by atoms with Crippen molar-refractivity contribution < 1.29 is 19.1 Å². The number of hydrogen-bond donors (Lipinski definition) is 1. The second kappa shape index (κ2) is 3.81. The third kappa shape index (κ3) is 1.68. The van der Waals surface area contributed by atoms with Gasteiger partial charge in [0.25, 0.3) is 0 Å². The Balaban J connectivity index is 1.93. The minimum atomic E-state index is -1.23. The highest BCUT2D eigenvalue weighted by Gasteiger charge is 2.58. The first-order valence-corrected chi connectivity index (χ1v) is 5.89. The molecule has 1 heterocycles. The lowest BCUT2D eigenvalue weighted by Crippen LogP contribution is -2.38. The monoisotopic (exact) mass is 260 g/mol. The molecule has 0 unspecified atom stereocenters. The minimum absolute atomic E-state index is 0.390. The molecule has 0 spiro atoms. The Morgan fingerprint density at radius 3 is 2.79 bits per heavy atom. The molecule has 1 aliphatic carbocycles. The summed E-state index contributed by atoms with van der Waals surface area (Å²) in [5.74, 6) is -1.44. The molecule has 1 aromatic carbocycles. The smallest absolute Gasteiger partial charge is 0.319 e. The van der Waals surface area contributed by atoms with Crippen LogP contribution in [0.15, 0.2) is 29.0 Å². The molecule has 98 valence electrons. The molecule has 1 N–H and O–H groups in total. The lowest BCUT2D eigenvalue weighted by molar-refractivity contribution is -0.148. The minimum Gasteiger partial charge on any atom is -0.480 e. The van der Waals surface area contributed by atoms with E-state index in [0.29, 0.717) is 29.6 Å². The zero-order valence-corrected chi connectivity index (χ0v) is 10.3. The Kier molecular flexibility index (Phi) is 2.35. The molecule has 1 amide bonds. The summed E-state index contributed by atoms with van der Waals surface area (Å²) in [4.78, 5) is 28.8. The molecule has 0 atom stereocenters. The largest absolute Gasteiger partial charge is 0.480 e. The predicted octanol–water partition coefficient (Wildman–Crippen LogP) is 1.66. The average Bonchev–Trinajstić information content (AvgIpc) is 3.09. The summed E-state index contributed by atoms with van der Waals surface area (Å²) in [6.45, 7) is 0. The van der Waals surface area contributed by atoms with Crippen LogP contribution in [-0.2, 0) is 9.59 Å². The molecule has 19 heavy (non-hydrogen) atoms. The number of carbonyl (C=O) groups is 2. The number of benzene rings is 1. The number of fused-ring (bicyclic) bond motifs is 1. The molecule has 1 aliphatic rings. The highest BCUT2D eigenvalue weighted by atomic mass is 16.4. The number of aromatic nitrogens is 1. The molecule has 0 radical (unpaired) electrons.